The average Bonchev–Trinajstić information content (AvgIpc) is 2.65. The first-order valence-electron chi connectivity index (χ1n) is 6.63. The van der Waals surface area contributed by atoms with Crippen molar-refractivity contribution in [3.05, 3.63) is 52.1 Å². The number of aryl methyl sites for hydroxylation is 1. The van der Waals surface area contributed by atoms with Gasteiger partial charge in [0.15, 0.2) is 0 Å². The van der Waals surface area contributed by atoms with E-state index in [1.165, 1.54) is 17.1 Å². The first-order chi connectivity index (χ1) is 9.13. The number of rotatable bonds is 2. The van der Waals surface area contributed by atoms with Gasteiger partial charge in [-0.05, 0) is 31.5 Å². The molecule has 0 unspecified atom stereocenters. The summed E-state index contributed by atoms with van der Waals surface area (Å²) in [5.41, 5.74) is 3.72. The van der Waals surface area contributed by atoms with Crippen LogP contribution in [0.5, 0.6) is 0 Å². The molecule has 0 atom stereocenters. The SMILES string of the molecule is Cc1nc2n(c1C)CCN(Cc1cccc(Cl)c1)C2. The Labute approximate surface area is 118 Å². The second kappa shape index (κ2) is 4.99. The van der Waals surface area contributed by atoms with Crippen LogP contribution in [-0.2, 0) is 19.6 Å². The third-order valence-corrected chi connectivity index (χ3v) is 4.07. The van der Waals surface area contributed by atoms with Gasteiger partial charge < -0.3 is 4.57 Å². The van der Waals surface area contributed by atoms with E-state index in [1.807, 2.05) is 18.2 Å². The van der Waals surface area contributed by atoms with E-state index in [4.69, 9.17) is 11.6 Å². The molecular formula is C15H18ClN3. The summed E-state index contributed by atoms with van der Waals surface area (Å²) in [6.45, 7) is 8.19. The van der Waals surface area contributed by atoms with E-state index in [0.717, 1.165) is 36.9 Å². The van der Waals surface area contributed by atoms with Crippen LogP contribution in [0, 0.1) is 13.8 Å². The number of benzene rings is 1. The molecule has 0 N–H and O–H groups in total. The molecule has 100 valence electrons. The fourth-order valence-corrected chi connectivity index (χ4v) is 2.90. The van der Waals surface area contributed by atoms with E-state index in [-0.39, 0.29) is 0 Å². The highest BCUT2D eigenvalue weighted by atomic mass is 35.5. The van der Waals surface area contributed by atoms with Crippen LogP contribution in [0.3, 0.4) is 0 Å². The van der Waals surface area contributed by atoms with E-state index in [2.05, 4.69) is 34.4 Å². The van der Waals surface area contributed by atoms with Crippen molar-refractivity contribution in [1.82, 2.24) is 14.5 Å². The molecule has 0 saturated heterocycles. The molecule has 0 saturated carbocycles. The van der Waals surface area contributed by atoms with Crippen LogP contribution in [0.25, 0.3) is 0 Å². The minimum atomic E-state index is 0.808. The molecular weight excluding hydrogens is 258 g/mol. The Bertz CT molecular complexity index is 603. The average molecular weight is 276 g/mol. The largest absolute Gasteiger partial charge is 0.330 e. The van der Waals surface area contributed by atoms with Crippen molar-refractivity contribution in [1.29, 1.82) is 0 Å². The lowest BCUT2D eigenvalue weighted by atomic mass is 10.2. The Hall–Kier alpha value is -1.32. The van der Waals surface area contributed by atoms with Crippen molar-refractivity contribution in [2.24, 2.45) is 0 Å². The van der Waals surface area contributed by atoms with Gasteiger partial charge in [0.05, 0.1) is 12.2 Å². The fourth-order valence-electron chi connectivity index (χ4n) is 2.69. The van der Waals surface area contributed by atoms with Gasteiger partial charge in [-0.1, -0.05) is 23.7 Å². The molecule has 19 heavy (non-hydrogen) atoms. The van der Waals surface area contributed by atoms with Gasteiger partial charge in [0.1, 0.15) is 5.82 Å². The predicted octanol–water partition coefficient (Wildman–Crippen LogP) is 3.17. The minimum Gasteiger partial charge on any atom is -0.330 e. The van der Waals surface area contributed by atoms with Crippen LogP contribution in [-0.4, -0.2) is 21.0 Å². The minimum absolute atomic E-state index is 0.808. The highest BCUT2D eigenvalue weighted by Gasteiger charge is 2.20. The Morgan fingerprint density at radius 1 is 1.26 bits per heavy atom. The maximum absolute atomic E-state index is 6.03. The Balaban J connectivity index is 1.75. The van der Waals surface area contributed by atoms with E-state index < -0.39 is 0 Å². The summed E-state index contributed by atoms with van der Waals surface area (Å²) in [6.07, 6.45) is 0. The molecule has 0 fully saturated rings. The number of aromatic nitrogens is 2. The normalized spacial score (nSPS) is 15.5. The van der Waals surface area contributed by atoms with Gasteiger partial charge in [-0.15, -0.1) is 0 Å². The number of hydrogen-bond acceptors (Lipinski definition) is 2. The van der Waals surface area contributed by atoms with Crippen LogP contribution in [0.4, 0.5) is 0 Å². The van der Waals surface area contributed by atoms with Gasteiger partial charge in [-0.3, -0.25) is 4.90 Å². The van der Waals surface area contributed by atoms with Crippen molar-refractivity contribution in [2.75, 3.05) is 6.54 Å². The smallest absolute Gasteiger partial charge is 0.123 e. The van der Waals surface area contributed by atoms with E-state index in [1.54, 1.807) is 0 Å². The molecule has 0 aliphatic carbocycles. The van der Waals surface area contributed by atoms with E-state index in [9.17, 15) is 0 Å². The molecule has 1 aromatic heterocycles. The van der Waals surface area contributed by atoms with Gasteiger partial charge in [0, 0.05) is 30.4 Å². The predicted molar refractivity (Wildman–Crippen MR) is 77.3 cm³/mol. The standard InChI is InChI=1S/C15H18ClN3/c1-11-12(2)19-7-6-18(10-15(19)17-11)9-13-4-3-5-14(16)8-13/h3-5,8H,6-7,9-10H2,1-2H3. The third kappa shape index (κ3) is 2.53. The van der Waals surface area contributed by atoms with E-state index >= 15 is 0 Å². The molecule has 0 bridgehead atoms. The summed E-state index contributed by atoms with van der Waals surface area (Å²) in [4.78, 5) is 7.08. The third-order valence-electron chi connectivity index (χ3n) is 3.84. The molecule has 0 amide bonds. The second-order valence-corrected chi connectivity index (χ2v) is 5.63. The molecule has 2 heterocycles. The quantitative estimate of drug-likeness (QED) is 0.839. The van der Waals surface area contributed by atoms with Crippen molar-refractivity contribution < 1.29 is 0 Å². The zero-order chi connectivity index (χ0) is 13.4. The maximum atomic E-state index is 6.03. The van der Waals surface area contributed by atoms with Gasteiger partial charge in [-0.25, -0.2) is 4.98 Å². The van der Waals surface area contributed by atoms with Gasteiger partial charge in [0.2, 0.25) is 0 Å². The lowest BCUT2D eigenvalue weighted by Gasteiger charge is -2.28. The Kier molecular flexibility index (Phi) is 3.33. The monoisotopic (exact) mass is 275 g/mol. The van der Waals surface area contributed by atoms with Gasteiger partial charge in [-0.2, -0.15) is 0 Å². The second-order valence-electron chi connectivity index (χ2n) is 5.19. The summed E-state index contributed by atoms with van der Waals surface area (Å²) >= 11 is 6.03. The first kappa shape index (κ1) is 12.7. The summed E-state index contributed by atoms with van der Waals surface area (Å²) in [6, 6.07) is 8.10. The topological polar surface area (TPSA) is 21.1 Å². The van der Waals surface area contributed by atoms with Crippen molar-refractivity contribution in [2.45, 2.75) is 33.5 Å². The molecule has 2 aromatic rings. The van der Waals surface area contributed by atoms with Crippen molar-refractivity contribution >= 4 is 11.6 Å². The molecule has 4 heteroatoms. The Morgan fingerprint density at radius 3 is 2.89 bits per heavy atom. The molecule has 3 rings (SSSR count). The van der Waals surface area contributed by atoms with Crippen LogP contribution in [0.2, 0.25) is 5.02 Å². The summed E-state index contributed by atoms with van der Waals surface area (Å²) < 4.78 is 2.34. The highest BCUT2D eigenvalue weighted by molar-refractivity contribution is 6.30. The van der Waals surface area contributed by atoms with Crippen LogP contribution in [0.15, 0.2) is 24.3 Å². The van der Waals surface area contributed by atoms with Gasteiger partial charge >= 0.3 is 0 Å². The molecule has 1 aliphatic heterocycles. The number of halogens is 1. The van der Waals surface area contributed by atoms with Gasteiger partial charge in [0.25, 0.3) is 0 Å². The van der Waals surface area contributed by atoms with Crippen LogP contribution in [0.1, 0.15) is 22.8 Å². The van der Waals surface area contributed by atoms with Crippen LogP contribution < -0.4 is 0 Å². The first-order valence-corrected chi connectivity index (χ1v) is 7.00. The molecule has 3 nitrogen and oxygen atoms in total. The number of nitrogens with zero attached hydrogens (tertiary/aromatic N) is 3. The molecule has 1 aromatic carbocycles. The lowest BCUT2D eigenvalue weighted by Crippen LogP contribution is -2.33. The van der Waals surface area contributed by atoms with E-state index in [0.29, 0.717) is 0 Å². The highest BCUT2D eigenvalue weighted by Crippen LogP contribution is 2.19. The maximum Gasteiger partial charge on any atom is 0.123 e. The number of imidazole rings is 1. The van der Waals surface area contributed by atoms with Crippen molar-refractivity contribution in [3.63, 3.8) is 0 Å². The summed E-state index contributed by atoms with van der Waals surface area (Å²) in [5.74, 6) is 1.18. The molecule has 1 aliphatic rings. The zero-order valence-corrected chi connectivity index (χ0v) is 12.1. The number of fused-ring (bicyclic) bond motifs is 1. The molecule has 0 radical (unpaired) electrons. The van der Waals surface area contributed by atoms with Crippen LogP contribution >= 0.6 is 11.6 Å². The molecule has 0 spiro atoms. The Morgan fingerprint density at radius 2 is 2.11 bits per heavy atom. The summed E-state index contributed by atoms with van der Waals surface area (Å²) in [7, 11) is 0. The zero-order valence-electron chi connectivity index (χ0n) is 11.4. The van der Waals surface area contributed by atoms with Crippen molar-refractivity contribution in [3.8, 4) is 0 Å². The lowest BCUT2D eigenvalue weighted by molar-refractivity contribution is 0.208. The fraction of sp³-hybridized carbons (Fsp3) is 0.400. The number of hydrogen-bond donors (Lipinski definition) is 0. The summed E-state index contributed by atoms with van der Waals surface area (Å²) in [5, 5.41) is 0.808.